The maximum absolute atomic E-state index is 14.3. The average Bonchev–Trinajstić information content (AvgIpc) is 3.49. The van der Waals surface area contributed by atoms with Crippen molar-refractivity contribution in [1.29, 1.82) is 0 Å². The second-order valence-electron chi connectivity index (χ2n) is 8.64. The molecule has 3 aromatic rings. The molecule has 2 N–H and O–H groups in total. The van der Waals surface area contributed by atoms with E-state index in [-0.39, 0.29) is 5.78 Å². The Balaban J connectivity index is 2.00. The van der Waals surface area contributed by atoms with Gasteiger partial charge in [-0.3, -0.25) is 4.79 Å². The van der Waals surface area contributed by atoms with Gasteiger partial charge in [0.25, 0.3) is 0 Å². The van der Waals surface area contributed by atoms with E-state index in [1.807, 2.05) is 61.9 Å². The summed E-state index contributed by atoms with van der Waals surface area (Å²) in [6, 6.07) is 8.94. The van der Waals surface area contributed by atoms with Gasteiger partial charge >= 0.3 is 12.0 Å². The number of Topliss-reactive ketones (excluding diaryl/α,β-unsaturated/α-hetero) is 1. The summed E-state index contributed by atoms with van der Waals surface area (Å²) in [5, 5.41) is 17.1. The van der Waals surface area contributed by atoms with Crippen molar-refractivity contribution in [2.75, 3.05) is 6.54 Å². The van der Waals surface area contributed by atoms with Gasteiger partial charge in [0.05, 0.1) is 12.0 Å². The van der Waals surface area contributed by atoms with Crippen molar-refractivity contribution in [3.63, 3.8) is 0 Å². The summed E-state index contributed by atoms with van der Waals surface area (Å²) in [6.07, 6.45) is 0. The molecule has 3 heterocycles. The van der Waals surface area contributed by atoms with Crippen LogP contribution in [0, 0.1) is 26.7 Å². The van der Waals surface area contributed by atoms with Crippen molar-refractivity contribution in [2.45, 2.75) is 45.7 Å². The zero-order valence-corrected chi connectivity index (χ0v) is 21.2. The first-order valence-electron chi connectivity index (χ1n) is 11.2. The molecular weight excluding hydrogens is 468 g/mol. The van der Waals surface area contributed by atoms with Crippen LogP contribution in [0.2, 0.25) is 0 Å². The molecule has 2 aromatic heterocycles. The fourth-order valence-electron chi connectivity index (χ4n) is 5.02. The first-order chi connectivity index (χ1) is 16.3. The normalized spacial score (nSPS) is 22.1. The van der Waals surface area contributed by atoms with Crippen molar-refractivity contribution in [3.05, 3.63) is 79.2 Å². The topological polar surface area (TPSA) is 86.7 Å². The summed E-state index contributed by atoms with van der Waals surface area (Å²) in [5.74, 6) is -2.65. The molecule has 0 aliphatic carbocycles. The number of hydrogen-bond donors (Lipinski definition) is 2. The van der Waals surface area contributed by atoms with Gasteiger partial charge < -0.3 is 15.3 Å². The van der Waals surface area contributed by atoms with Crippen molar-refractivity contribution >= 4 is 40.5 Å². The Labute approximate surface area is 207 Å². The molecule has 2 amide bonds. The summed E-state index contributed by atoms with van der Waals surface area (Å²) in [6.45, 7) is 7.91. The summed E-state index contributed by atoms with van der Waals surface area (Å²) in [7, 11) is 0. The molecule has 178 valence electrons. The summed E-state index contributed by atoms with van der Waals surface area (Å²) >= 11 is 2.91. The Hall–Kier alpha value is -2.97. The van der Waals surface area contributed by atoms with Crippen LogP contribution in [0.5, 0.6) is 0 Å². The molecule has 1 aliphatic heterocycles. The number of likely N-dealkylation sites (tertiary alicyclic amines) is 1. The molecule has 6 nitrogen and oxygen atoms in total. The molecule has 1 aromatic carbocycles. The molecule has 34 heavy (non-hydrogen) atoms. The molecule has 8 heteroatoms. The SMILES string of the molecule is CCNC(=O)N1C(C(=O)O)C(c2sccc2C)C(C(=O)c2ccccc2C)C1c1sccc1C. The number of aryl methyl sites for hydroxylation is 3. The van der Waals surface area contributed by atoms with E-state index in [4.69, 9.17) is 0 Å². The van der Waals surface area contributed by atoms with Gasteiger partial charge in [-0.05, 0) is 67.3 Å². The van der Waals surface area contributed by atoms with E-state index < -0.39 is 35.9 Å². The number of rotatable bonds is 6. The quantitative estimate of drug-likeness (QED) is 0.438. The third-order valence-electron chi connectivity index (χ3n) is 6.57. The number of carboxylic acids is 1. The van der Waals surface area contributed by atoms with Crippen LogP contribution in [0.4, 0.5) is 4.79 Å². The van der Waals surface area contributed by atoms with Crippen LogP contribution in [0.15, 0.2) is 47.2 Å². The summed E-state index contributed by atoms with van der Waals surface area (Å²) < 4.78 is 0. The van der Waals surface area contributed by atoms with Gasteiger partial charge in [0.15, 0.2) is 5.78 Å². The Morgan fingerprint density at radius 3 is 2.09 bits per heavy atom. The minimum absolute atomic E-state index is 0.133. The standard InChI is InChI=1S/C26H28N2O4S2/c1-5-27-26(32)28-20(24-16(4)11-13-34-24)18(22(29)17-9-7-6-8-14(17)2)19(21(28)25(30)31)23-15(3)10-12-33-23/h6-13,18-21H,5H2,1-4H3,(H,27,32)(H,30,31). The highest BCUT2D eigenvalue weighted by Gasteiger charge is 2.59. The Kier molecular flexibility index (Phi) is 6.91. The number of nitrogens with one attached hydrogen (secondary N) is 1. The summed E-state index contributed by atoms with van der Waals surface area (Å²) in [4.78, 5) is 43.5. The number of ketones is 1. The number of benzene rings is 1. The molecule has 4 unspecified atom stereocenters. The third-order valence-corrected chi connectivity index (χ3v) is 8.78. The van der Waals surface area contributed by atoms with Crippen molar-refractivity contribution in [3.8, 4) is 0 Å². The van der Waals surface area contributed by atoms with Crippen LogP contribution >= 0.6 is 22.7 Å². The lowest BCUT2D eigenvalue weighted by molar-refractivity contribution is -0.142. The second kappa shape index (κ2) is 9.72. The van der Waals surface area contributed by atoms with Gasteiger partial charge in [-0.1, -0.05) is 24.3 Å². The number of amides is 2. The molecule has 1 aliphatic rings. The number of carboxylic acid groups (broad SMARTS) is 1. The molecule has 4 atom stereocenters. The highest BCUT2D eigenvalue weighted by Crippen LogP contribution is 2.54. The lowest BCUT2D eigenvalue weighted by Gasteiger charge is -2.30. The van der Waals surface area contributed by atoms with Crippen LogP contribution < -0.4 is 5.32 Å². The van der Waals surface area contributed by atoms with E-state index in [9.17, 15) is 19.5 Å². The largest absolute Gasteiger partial charge is 0.480 e. The number of carbonyl (C=O) groups is 3. The second-order valence-corrected chi connectivity index (χ2v) is 10.5. The number of carbonyl (C=O) groups excluding carboxylic acids is 2. The zero-order chi connectivity index (χ0) is 24.6. The van der Waals surface area contributed by atoms with Crippen LogP contribution in [-0.4, -0.2) is 40.4 Å². The lowest BCUT2D eigenvalue weighted by atomic mass is 9.78. The highest BCUT2D eigenvalue weighted by molar-refractivity contribution is 7.10. The van der Waals surface area contributed by atoms with Crippen LogP contribution in [0.3, 0.4) is 0 Å². The molecular formula is C26H28N2O4S2. The molecule has 1 fully saturated rings. The number of hydrogen-bond acceptors (Lipinski definition) is 5. The van der Waals surface area contributed by atoms with Gasteiger partial charge in [-0.2, -0.15) is 0 Å². The first-order valence-corrected chi connectivity index (χ1v) is 13.0. The number of aliphatic carboxylic acids is 1. The first kappa shape index (κ1) is 24.2. The minimum Gasteiger partial charge on any atom is -0.480 e. The van der Waals surface area contributed by atoms with Gasteiger partial charge in [-0.25, -0.2) is 9.59 Å². The number of urea groups is 1. The third kappa shape index (κ3) is 4.05. The van der Waals surface area contributed by atoms with Gasteiger partial charge in [0, 0.05) is 27.8 Å². The van der Waals surface area contributed by atoms with Crippen LogP contribution in [-0.2, 0) is 4.79 Å². The van der Waals surface area contributed by atoms with Crippen LogP contribution in [0.1, 0.15) is 55.7 Å². The van der Waals surface area contributed by atoms with E-state index in [1.165, 1.54) is 27.6 Å². The smallest absolute Gasteiger partial charge is 0.327 e. The van der Waals surface area contributed by atoms with E-state index in [1.54, 1.807) is 13.0 Å². The van der Waals surface area contributed by atoms with E-state index in [0.717, 1.165) is 26.4 Å². The minimum atomic E-state index is -1.17. The Bertz CT molecular complexity index is 1230. The molecule has 0 spiro atoms. The fourth-order valence-corrected chi connectivity index (χ4v) is 7.20. The zero-order valence-electron chi connectivity index (χ0n) is 19.6. The predicted molar refractivity (Wildman–Crippen MR) is 135 cm³/mol. The lowest BCUT2D eigenvalue weighted by Crippen LogP contribution is -2.48. The van der Waals surface area contributed by atoms with Crippen molar-refractivity contribution < 1.29 is 19.5 Å². The molecule has 4 rings (SSSR count). The number of nitrogens with zero attached hydrogens (tertiary/aromatic N) is 1. The summed E-state index contributed by atoms with van der Waals surface area (Å²) in [5.41, 5.74) is 3.27. The Morgan fingerprint density at radius 1 is 0.941 bits per heavy atom. The van der Waals surface area contributed by atoms with Gasteiger partial charge in [-0.15, -0.1) is 22.7 Å². The monoisotopic (exact) mass is 496 g/mol. The van der Waals surface area contributed by atoms with Crippen molar-refractivity contribution in [2.24, 2.45) is 5.92 Å². The van der Waals surface area contributed by atoms with Gasteiger partial charge in [0.1, 0.15) is 6.04 Å². The molecule has 1 saturated heterocycles. The van der Waals surface area contributed by atoms with E-state index in [0.29, 0.717) is 12.1 Å². The predicted octanol–water partition coefficient (Wildman–Crippen LogP) is 5.56. The fraction of sp³-hybridized carbons (Fsp3) is 0.346. The number of thiophene rings is 2. The molecule has 0 radical (unpaired) electrons. The maximum atomic E-state index is 14.3. The maximum Gasteiger partial charge on any atom is 0.327 e. The average molecular weight is 497 g/mol. The molecule has 0 saturated carbocycles. The van der Waals surface area contributed by atoms with Gasteiger partial charge in [0.2, 0.25) is 0 Å². The van der Waals surface area contributed by atoms with E-state index in [2.05, 4.69) is 5.32 Å². The van der Waals surface area contributed by atoms with Crippen molar-refractivity contribution in [1.82, 2.24) is 10.2 Å². The Morgan fingerprint density at radius 2 is 1.56 bits per heavy atom. The molecule has 0 bridgehead atoms. The van der Waals surface area contributed by atoms with Crippen LogP contribution in [0.25, 0.3) is 0 Å². The highest BCUT2D eigenvalue weighted by atomic mass is 32.1. The van der Waals surface area contributed by atoms with E-state index >= 15 is 0 Å².